The fourth-order valence-corrected chi connectivity index (χ4v) is 6.79. The van der Waals surface area contributed by atoms with Gasteiger partial charge in [0.15, 0.2) is 0 Å². The summed E-state index contributed by atoms with van der Waals surface area (Å²) in [6, 6.07) is 48.9. The minimum atomic E-state index is -4.12. The summed E-state index contributed by atoms with van der Waals surface area (Å²) in [4.78, 5) is 9.81. The molecule has 0 saturated carbocycles. The third-order valence-corrected chi connectivity index (χ3v) is 10.2. The smallest absolute Gasteiger partial charge is 0.258 e. The van der Waals surface area contributed by atoms with Gasteiger partial charge in [0, 0.05) is 56.7 Å². The molecule has 0 aliphatic heterocycles. The van der Waals surface area contributed by atoms with Crippen LogP contribution in [0.1, 0.15) is 12.5 Å². The second-order valence-electron chi connectivity index (χ2n) is 9.41. The second kappa shape index (κ2) is 40.5. The van der Waals surface area contributed by atoms with Crippen LogP contribution in [0.5, 0.6) is 0 Å². The third-order valence-electron chi connectivity index (χ3n) is 5.92. The molecule has 0 saturated heterocycles. The van der Waals surface area contributed by atoms with Gasteiger partial charge in [-0.15, -0.1) is 5.92 Å². The molecule has 5 aromatic rings. The summed E-state index contributed by atoms with van der Waals surface area (Å²) in [5.41, 5.74) is 0.889. The summed E-state index contributed by atoms with van der Waals surface area (Å²) < 4.78 is 117. The molecule has 58 heavy (non-hydrogen) atoms. The van der Waals surface area contributed by atoms with E-state index in [4.69, 9.17) is 0 Å². The van der Waals surface area contributed by atoms with E-state index in [2.05, 4.69) is 146 Å². The Morgan fingerprint density at radius 3 is 0.810 bits per heavy atom. The normalized spacial score (nSPS) is 9.26. The first kappa shape index (κ1) is 62.7. The Balaban J connectivity index is -0.000000315. The van der Waals surface area contributed by atoms with Crippen molar-refractivity contribution in [2.24, 2.45) is 0 Å². The van der Waals surface area contributed by atoms with Gasteiger partial charge in [0.25, 0.3) is 5.69 Å². The summed E-state index contributed by atoms with van der Waals surface area (Å²) in [6.45, 7) is 6.33. The van der Waals surface area contributed by atoms with Gasteiger partial charge in [-0.3, -0.25) is 10.1 Å². The van der Waals surface area contributed by atoms with Crippen LogP contribution < -0.4 is 21.2 Å². The summed E-state index contributed by atoms with van der Waals surface area (Å²) >= 11 is 0. The fraction of sp³-hybridized carbons (Fsp3) is 0.0857. The number of rotatable bonds is 5. The first-order chi connectivity index (χ1) is 26.4. The van der Waals surface area contributed by atoms with E-state index in [1.165, 1.54) is 33.4 Å². The number of nitrogens with zero attached hydrogens (tertiary/aromatic N) is 1. The van der Waals surface area contributed by atoms with Crippen molar-refractivity contribution in [3.05, 3.63) is 161 Å². The number of nitro benzene ring substituents is 1. The van der Waals surface area contributed by atoms with Crippen LogP contribution in [-0.2, 0) is 39.0 Å². The molecule has 23 heteroatoms. The zero-order chi connectivity index (χ0) is 42.9. The zero-order valence-corrected chi connectivity index (χ0v) is 38.6. The average Bonchev–Trinajstić information content (AvgIpc) is 3.16. The maximum atomic E-state index is 10.2. The van der Waals surface area contributed by atoms with Crippen LogP contribution in [0.25, 0.3) is 0 Å². The van der Waals surface area contributed by atoms with E-state index in [9.17, 15) is 60.5 Å². The summed E-state index contributed by atoms with van der Waals surface area (Å²) in [7, 11) is -16.8. The van der Waals surface area contributed by atoms with Gasteiger partial charge in [-0.1, -0.05) is 127 Å². The molecule has 0 amide bonds. The monoisotopic (exact) mass is 1120 g/mol. The quantitative estimate of drug-likeness (QED) is 0.0440. The van der Waals surface area contributed by atoms with Gasteiger partial charge in [-0.2, -0.15) is 50.4 Å². The molecule has 3 nitrogen and oxygen atoms in total. The van der Waals surface area contributed by atoms with E-state index < -0.39 is 40.3 Å². The minimum Gasteiger partial charge on any atom is -0.258 e. The van der Waals surface area contributed by atoms with Crippen LogP contribution in [0.3, 0.4) is 0 Å². The van der Waals surface area contributed by atoms with Crippen LogP contribution in [0.15, 0.2) is 146 Å². The van der Waals surface area contributed by atoms with Gasteiger partial charge in [0.05, 0.1) is 4.92 Å². The topological polar surface area (TPSA) is 43.1 Å². The number of nitro groups is 1. The largest absolute Gasteiger partial charge is 0.456 e. The van der Waals surface area contributed by atoms with Crippen molar-refractivity contribution in [3.8, 4) is 11.8 Å². The predicted octanol–water partition coefficient (Wildman–Crippen LogP) is 15.9. The van der Waals surface area contributed by atoms with Crippen molar-refractivity contribution in [2.45, 2.75) is 6.92 Å². The third kappa shape index (κ3) is 38.3. The maximum Gasteiger partial charge on any atom is 0.456 e. The van der Waals surface area contributed by atoms with Crippen LogP contribution in [-0.4, -0.2) is 18.3 Å². The van der Waals surface area contributed by atoms with Gasteiger partial charge < -0.3 is 0 Å². The van der Waals surface area contributed by atoms with Crippen LogP contribution >= 0.6 is 51.3 Å². The Kier molecular flexibility index (Phi) is 43.7. The molecule has 322 valence electrons. The van der Waals surface area contributed by atoms with Crippen molar-refractivity contribution in [1.29, 1.82) is 0 Å². The molecule has 5 aromatic carbocycles. The molecule has 0 aromatic heterocycles. The van der Waals surface area contributed by atoms with E-state index in [1.54, 1.807) is 19.1 Å². The number of hydrogen-bond acceptors (Lipinski definition) is 2. The van der Waals surface area contributed by atoms with Gasteiger partial charge in [-0.05, 0) is 69.4 Å². The minimum absolute atomic E-state index is 0. The SMILES string of the molecule is CC#Cc1ccc([N+](=O)[O-])cc1.CP(c1ccccc1)c1ccccc1.CP(c1ccccc1)c1ccccc1.FP(F)F.FP(F)F.FP(F)F.FP(F)F.[Rh].[Rh]. The summed E-state index contributed by atoms with van der Waals surface area (Å²) in [5.74, 6) is 5.51. The molecule has 0 atom stereocenters. The van der Waals surface area contributed by atoms with Crippen molar-refractivity contribution < 1.29 is 94.2 Å². The van der Waals surface area contributed by atoms with Crippen LogP contribution in [0.4, 0.5) is 56.1 Å². The summed E-state index contributed by atoms with van der Waals surface area (Å²) in [6.07, 6.45) is 0. The number of hydrogen-bond donors (Lipinski definition) is 0. The Morgan fingerprint density at radius 1 is 0.431 bits per heavy atom. The standard InChI is InChI=1S/2C13H13P.C9H7NO2.4F3P.2Rh/c2*1-14(12-8-4-2-5-9-12)13-10-6-3-7-11-13;1-2-3-8-4-6-9(7-5-8)10(11)12;4*1-4(2)3;;/h2*2-11H,1H3;4-7H,1H3;;;;;;. The van der Waals surface area contributed by atoms with Crippen molar-refractivity contribution >= 4 is 78.2 Å². The van der Waals surface area contributed by atoms with E-state index in [1.807, 2.05) is 0 Å². The van der Waals surface area contributed by atoms with Gasteiger partial charge >= 0.3 is 35.4 Å². The molecule has 5 rings (SSSR count). The molecule has 0 aliphatic carbocycles. The molecule has 0 fully saturated rings. The summed E-state index contributed by atoms with van der Waals surface area (Å²) in [5, 5.41) is 16.0. The zero-order valence-electron chi connectivity index (χ0n) is 30.0. The van der Waals surface area contributed by atoms with E-state index >= 15 is 0 Å². The molecule has 0 spiro atoms. The number of halogens is 12. The molecule has 0 unspecified atom stereocenters. The van der Waals surface area contributed by atoms with Crippen molar-refractivity contribution in [3.63, 3.8) is 0 Å². The molecule has 0 bridgehead atoms. The first-order valence-corrected chi connectivity index (χ1v) is 22.5. The van der Waals surface area contributed by atoms with Crippen molar-refractivity contribution in [1.82, 2.24) is 0 Å². The predicted molar refractivity (Wildman–Crippen MR) is 217 cm³/mol. The fourth-order valence-electron chi connectivity index (χ4n) is 3.72. The van der Waals surface area contributed by atoms with Crippen molar-refractivity contribution in [2.75, 3.05) is 13.3 Å². The Bertz CT molecular complexity index is 1550. The molecule has 0 N–H and O–H groups in total. The molecular formula is C35H33F12NO2P6Rh2. The molecular weight excluding hydrogens is 1090 g/mol. The number of non-ortho nitro benzene ring substituents is 1. The van der Waals surface area contributed by atoms with E-state index in [0.717, 1.165) is 5.56 Å². The maximum absolute atomic E-state index is 10.2. The average molecular weight is 1120 g/mol. The second-order valence-corrected chi connectivity index (χ2v) is 15.2. The number of benzene rings is 5. The molecule has 0 aliphatic rings. The Labute approximate surface area is 363 Å². The van der Waals surface area contributed by atoms with Gasteiger partial charge in [0.1, 0.15) is 0 Å². The van der Waals surface area contributed by atoms with E-state index in [0.29, 0.717) is 0 Å². The van der Waals surface area contributed by atoms with Gasteiger partial charge in [-0.25, -0.2) is 0 Å². The molecule has 0 heterocycles. The Hall–Kier alpha value is -1.95. The Morgan fingerprint density at radius 2 is 0.638 bits per heavy atom. The van der Waals surface area contributed by atoms with Crippen LogP contribution in [0.2, 0.25) is 0 Å². The van der Waals surface area contributed by atoms with Crippen LogP contribution in [0, 0.1) is 22.0 Å². The van der Waals surface area contributed by atoms with E-state index in [-0.39, 0.29) is 60.5 Å². The molecule has 2 radical (unpaired) electrons. The van der Waals surface area contributed by atoms with Gasteiger partial charge in [0.2, 0.25) is 0 Å². The first-order valence-electron chi connectivity index (χ1n) is 14.9.